The van der Waals surface area contributed by atoms with E-state index in [1.165, 1.54) is 12.8 Å². The number of piperidine rings is 1. The molecule has 0 radical (unpaired) electrons. The summed E-state index contributed by atoms with van der Waals surface area (Å²) in [5, 5.41) is 3.45. The van der Waals surface area contributed by atoms with E-state index < -0.39 is 0 Å². The number of amides is 1. The Kier molecular flexibility index (Phi) is 4.40. The van der Waals surface area contributed by atoms with E-state index in [1.807, 2.05) is 11.9 Å². The Morgan fingerprint density at radius 2 is 2.29 bits per heavy atom. The monoisotopic (exact) mass is 239 g/mol. The number of carbonyl (C=O) groups excluding carboxylic acids is 1. The first-order chi connectivity index (χ1) is 8.22. The molecule has 0 saturated carbocycles. The molecule has 2 heterocycles. The van der Waals surface area contributed by atoms with E-state index >= 15 is 0 Å². The summed E-state index contributed by atoms with van der Waals surface area (Å²) in [4.78, 5) is 16.3. The van der Waals surface area contributed by atoms with Crippen LogP contribution in [0.4, 0.5) is 0 Å². The molecule has 0 spiro atoms. The van der Waals surface area contributed by atoms with Crippen LogP contribution in [-0.2, 0) is 4.79 Å². The highest BCUT2D eigenvalue weighted by Crippen LogP contribution is 2.19. The maximum atomic E-state index is 12.0. The summed E-state index contributed by atoms with van der Waals surface area (Å²) in [5.74, 6) is 1.04. The Morgan fingerprint density at radius 1 is 1.47 bits per heavy atom. The minimum absolute atomic E-state index is 0.145. The quantitative estimate of drug-likeness (QED) is 0.778. The van der Waals surface area contributed by atoms with Crippen LogP contribution in [0.25, 0.3) is 0 Å². The summed E-state index contributed by atoms with van der Waals surface area (Å²) in [5.41, 5.74) is 0. The van der Waals surface area contributed by atoms with Crippen molar-refractivity contribution in [1.29, 1.82) is 0 Å². The van der Waals surface area contributed by atoms with Crippen molar-refractivity contribution in [3.8, 4) is 0 Å². The largest absolute Gasteiger partial charge is 0.344 e. The van der Waals surface area contributed by atoms with Crippen molar-refractivity contribution in [2.75, 3.05) is 39.8 Å². The first-order valence-corrected chi connectivity index (χ1v) is 6.92. The molecule has 2 aliphatic heterocycles. The summed E-state index contributed by atoms with van der Waals surface area (Å²) >= 11 is 0. The predicted molar refractivity (Wildman–Crippen MR) is 68.9 cm³/mol. The average molecular weight is 239 g/mol. The maximum Gasteiger partial charge on any atom is 0.239 e. The van der Waals surface area contributed by atoms with Gasteiger partial charge in [0.1, 0.15) is 0 Å². The van der Waals surface area contributed by atoms with Gasteiger partial charge in [-0.3, -0.25) is 9.69 Å². The lowest BCUT2D eigenvalue weighted by molar-refractivity contribution is -0.131. The molecule has 4 heteroatoms. The fraction of sp³-hybridized carbons (Fsp3) is 0.923. The third-order valence-electron chi connectivity index (χ3n) is 4.14. The second-order valence-electron chi connectivity index (χ2n) is 5.36. The van der Waals surface area contributed by atoms with Crippen molar-refractivity contribution in [3.05, 3.63) is 0 Å². The van der Waals surface area contributed by atoms with Crippen molar-refractivity contribution in [3.63, 3.8) is 0 Å². The van der Waals surface area contributed by atoms with E-state index in [0.717, 1.165) is 45.1 Å². The van der Waals surface area contributed by atoms with Gasteiger partial charge < -0.3 is 10.2 Å². The zero-order valence-electron chi connectivity index (χ0n) is 11.1. The second-order valence-corrected chi connectivity index (χ2v) is 5.36. The Bertz CT molecular complexity index is 263. The van der Waals surface area contributed by atoms with Gasteiger partial charge in [0.2, 0.25) is 5.91 Å². The molecule has 4 nitrogen and oxygen atoms in total. The summed E-state index contributed by atoms with van der Waals surface area (Å²) in [6.07, 6.45) is 3.59. The van der Waals surface area contributed by atoms with Crippen molar-refractivity contribution in [1.82, 2.24) is 15.1 Å². The van der Waals surface area contributed by atoms with Gasteiger partial charge >= 0.3 is 0 Å². The molecule has 0 aliphatic carbocycles. The Labute approximate surface area is 104 Å². The molecule has 0 aromatic rings. The van der Waals surface area contributed by atoms with Crippen LogP contribution >= 0.6 is 0 Å². The van der Waals surface area contributed by atoms with E-state index in [0.29, 0.717) is 5.91 Å². The van der Waals surface area contributed by atoms with Gasteiger partial charge in [0, 0.05) is 20.1 Å². The van der Waals surface area contributed by atoms with Gasteiger partial charge in [-0.05, 0) is 44.8 Å². The average Bonchev–Trinajstić information content (AvgIpc) is 2.69. The molecule has 2 fully saturated rings. The van der Waals surface area contributed by atoms with Crippen LogP contribution in [0.5, 0.6) is 0 Å². The molecule has 2 unspecified atom stereocenters. The van der Waals surface area contributed by atoms with E-state index in [1.54, 1.807) is 0 Å². The van der Waals surface area contributed by atoms with Crippen LogP contribution in [-0.4, -0.2) is 61.5 Å². The van der Waals surface area contributed by atoms with Gasteiger partial charge in [-0.15, -0.1) is 0 Å². The minimum Gasteiger partial charge on any atom is -0.344 e. The molecule has 2 aliphatic rings. The van der Waals surface area contributed by atoms with Crippen LogP contribution in [0, 0.1) is 5.92 Å². The van der Waals surface area contributed by atoms with Crippen LogP contribution in [0.3, 0.4) is 0 Å². The highest BCUT2D eigenvalue weighted by atomic mass is 16.2. The third-order valence-corrected chi connectivity index (χ3v) is 4.14. The first-order valence-electron chi connectivity index (χ1n) is 6.92. The van der Waals surface area contributed by atoms with Crippen molar-refractivity contribution >= 4 is 5.91 Å². The molecule has 1 N–H and O–H groups in total. The van der Waals surface area contributed by atoms with Crippen LogP contribution in [0.15, 0.2) is 0 Å². The SMILES string of the molecule is CCN(CC1CCCNC1)C1CCN(C)C1=O. The van der Waals surface area contributed by atoms with Gasteiger partial charge in [0.05, 0.1) is 6.04 Å². The van der Waals surface area contributed by atoms with Crippen molar-refractivity contribution in [2.24, 2.45) is 5.92 Å². The lowest BCUT2D eigenvalue weighted by atomic mass is 9.98. The summed E-state index contributed by atoms with van der Waals surface area (Å²) in [6, 6.07) is 0.145. The number of likely N-dealkylation sites (N-methyl/N-ethyl adjacent to an activating group) is 2. The Hall–Kier alpha value is -0.610. The topological polar surface area (TPSA) is 35.6 Å². The van der Waals surface area contributed by atoms with Crippen molar-refractivity contribution in [2.45, 2.75) is 32.2 Å². The summed E-state index contributed by atoms with van der Waals surface area (Å²) < 4.78 is 0. The van der Waals surface area contributed by atoms with E-state index in [2.05, 4.69) is 17.1 Å². The number of rotatable bonds is 4. The number of nitrogens with zero attached hydrogens (tertiary/aromatic N) is 2. The number of hydrogen-bond acceptors (Lipinski definition) is 3. The molecule has 0 aromatic heterocycles. The van der Waals surface area contributed by atoms with Gasteiger partial charge in [-0.2, -0.15) is 0 Å². The molecule has 2 rings (SSSR count). The highest BCUT2D eigenvalue weighted by molar-refractivity contribution is 5.83. The standard InChI is InChI=1S/C13H25N3O/c1-3-16(10-11-5-4-7-14-9-11)12-6-8-15(2)13(12)17/h11-12,14H,3-10H2,1-2H3. The fourth-order valence-corrected chi connectivity index (χ4v) is 3.03. The van der Waals surface area contributed by atoms with Gasteiger partial charge in [0.15, 0.2) is 0 Å². The van der Waals surface area contributed by atoms with E-state index in [9.17, 15) is 4.79 Å². The van der Waals surface area contributed by atoms with Crippen LogP contribution < -0.4 is 5.32 Å². The molecule has 98 valence electrons. The molecule has 1 amide bonds. The molecule has 0 aromatic carbocycles. The smallest absolute Gasteiger partial charge is 0.239 e. The highest BCUT2D eigenvalue weighted by Gasteiger charge is 2.34. The van der Waals surface area contributed by atoms with Crippen LogP contribution in [0.1, 0.15) is 26.2 Å². The summed E-state index contributed by atoms with van der Waals surface area (Å²) in [7, 11) is 1.92. The Morgan fingerprint density at radius 3 is 2.82 bits per heavy atom. The maximum absolute atomic E-state index is 12.0. The predicted octanol–water partition coefficient (Wildman–Crippen LogP) is 0.539. The number of hydrogen-bond donors (Lipinski definition) is 1. The van der Waals surface area contributed by atoms with Crippen LogP contribution in [0.2, 0.25) is 0 Å². The molecule has 0 bridgehead atoms. The fourth-order valence-electron chi connectivity index (χ4n) is 3.03. The first kappa shape index (κ1) is 12.8. The number of carbonyl (C=O) groups is 1. The normalized spacial score (nSPS) is 30.3. The Balaban J connectivity index is 1.89. The minimum atomic E-state index is 0.145. The van der Waals surface area contributed by atoms with Crippen molar-refractivity contribution < 1.29 is 4.79 Å². The zero-order chi connectivity index (χ0) is 12.3. The van der Waals surface area contributed by atoms with E-state index in [-0.39, 0.29) is 6.04 Å². The number of nitrogens with one attached hydrogen (secondary N) is 1. The molecule has 2 saturated heterocycles. The zero-order valence-corrected chi connectivity index (χ0v) is 11.1. The lowest BCUT2D eigenvalue weighted by Gasteiger charge is -2.32. The second kappa shape index (κ2) is 5.83. The van der Waals surface area contributed by atoms with Gasteiger partial charge in [-0.25, -0.2) is 0 Å². The third kappa shape index (κ3) is 2.99. The molecular weight excluding hydrogens is 214 g/mol. The molecule has 2 atom stereocenters. The molecule has 17 heavy (non-hydrogen) atoms. The lowest BCUT2D eigenvalue weighted by Crippen LogP contribution is -2.46. The summed E-state index contributed by atoms with van der Waals surface area (Å²) in [6.45, 7) is 7.43. The van der Waals surface area contributed by atoms with E-state index in [4.69, 9.17) is 0 Å². The molecular formula is C13H25N3O. The van der Waals surface area contributed by atoms with Gasteiger partial charge in [0.25, 0.3) is 0 Å². The van der Waals surface area contributed by atoms with Gasteiger partial charge in [-0.1, -0.05) is 6.92 Å². The number of likely N-dealkylation sites (tertiary alicyclic amines) is 1.